The van der Waals surface area contributed by atoms with E-state index in [1.807, 2.05) is 28.8 Å². The second kappa shape index (κ2) is 6.69. The fourth-order valence-electron chi connectivity index (χ4n) is 2.59. The van der Waals surface area contributed by atoms with Crippen LogP contribution in [0, 0.1) is 3.57 Å². The van der Waals surface area contributed by atoms with Crippen LogP contribution in [0.5, 0.6) is 0 Å². The first kappa shape index (κ1) is 16.0. The van der Waals surface area contributed by atoms with Crippen LogP contribution in [0.15, 0.2) is 33.9 Å². The molecule has 0 unspecified atom stereocenters. The normalized spacial score (nSPS) is 11.2. The number of fused-ring (bicyclic) bond motifs is 1. The van der Waals surface area contributed by atoms with Crippen LogP contribution in [0.25, 0.3) is 11.0 Å². The van der Waals surface area contributed by atoms with Gasteiger partial charge < -0.3 is 4.57 Å². The molecule has 0 atom stereocenters. The summed E-state index contributed by atoms with van der Waals surface area (Å²) in [5.74, 6) is 0.780. The second-order valence-corrected chi connectivity index (χ2v) is 6.70. The van der Waals surface area contributed by atoms with Gasteiger partial charge in [-0.1, -0.05) is 25.5 Å². The van der Waals surface area contributed by atoms with Gasteiger partial charge in [-0.2, -0.15) is 0 Å². The van der Waals surface area contributed by atoms with Gasteiger partial charge in [0.2, 0.25) is 0 Å². The molecule has 2 heterocycles. The minimum absolute atomic E-state index is 0.213. The topological polar surface area (TPSA) is 83.5 Å². The van der Waals surface area contributed by atoms with E-state index in [9.17, 15) is 9.59 Å². The Balaban J connectivity index is 2.15. The number of nitrogens with zero attached hydrogens (tertiary/aromatic N) is 2. The van der Waals surface area contributed by atoms with E-state index in [2.05, 4.69) is 44.7 Å². The smallest absolute Gasteiger partial charge is 0.290 e. The first-order chi connectivity index (χ1) is 11.1. The average molecular weight is 424 g/mol. The fourth-order valence-corrected chi connectivity index (χ4v) is 2.95. The highest BCUT2D eigenvalue weighted by Crippen LogP contribution is 2.15. The van der Waals surface area contributed by atoms with Crippen molar-refractivity contribution in [1.29, 1.82) is 0 Å². The van der Waals surface area contributed by atoms with Crippen LogP contribution in [0.3, 0.4) is 0 Å². The summed E-state index contributed by atoms with van der Waals surface area (Å²) in [6.45, 7) is 2.63. The Labute approximate surface area is 146 Å². The summed E-state index contributed by atoms with van der Waals surface area (Å²) in [5, 5.41) is 4.73. The van der Waals surface area contributed by atoms with Crippen molar-refractivity contribution in [3.63, 3.8) is 0 Å². The Bertz CT molecular complexity index is 937. The molecule has 2 N–H and O–H groups in total. The molecule has 0 aliphatic rings. The van der Waals surface area contributed by atoms with Crippen LogP contribution in [0.4, 0.5) is 0 Å². The molecule has 0 amide bonds. The number of hydrogen-bond acceptors (Lipinski definition) is 3. The second-order valence-electron chi connectivity index (χ2n) is 5.45. The van der Waals surface area contributed by atoms with Crippen LogP contribution < -0.4 is 11.1 Å². The standard InChI is InChI=1S/C16H17IN4O2/c1-2-3-4-12-18-13-14(16(23)20-19-15(13)22)21(12)9-10-5-7-11(17)8-6-10/h5-8H,2-4,9H2,1H3,(H,19,22)(H,20,23). The molecule has 6 nitrogen and oxygen atoms in total. The van der Waals surface area contributed by atoms with Crippen molar-refractivity contribution < 1.29 is 0 Å². The Morgan fingerprint density at radius 3 is 2.52 bits per heavy atom. The Morgan fingerprint density at radius 1 is 1.13 bits per heavy atom. The van der Waals surface area contributed by atoms with Gasteiger partial charge in [0.1, 0.15) is 11.3 Å². The van der Waals surface area contributed by atoms with Crippen LogP contribution in [-0.4, -0.2) is 19.7 Å². The molecule has 1 aromatic carbocycles. The van der Waals surface area contributed by atoms with Crippen molar-refractivity contribution in [3.05, 3.63) is 59.9 Å². The van der Waals surface area contributed by atoms with Gasteiger partial charge in [-0.25, -0.2) is 4.98 Å². The van der Waals surface area contributed by atoms with Crippen molar-refractivity contribution in [3.8, 4) is 0 Å². The van der Waals surface area contributed by atoms with Crippen molar-refractivity contribution >= 4 is 33.6 Å². The van der Waals surface area contributed by atoms with E-state index in [0.717, 1.165) is 34.2 Å². The highest BCUT2D eigenvalue weighted by molar-refractivity contribution is 14.1. The molecule has 7 heteroatoms. The molecule has 3 aromatic rings. The minimum atomic E-state index is -0.362. The number of rotatable bonds is 5. The van der Waals surface area contributed by atoms with Crippen molar-refractivity contribution in [1.82, 2.24) is 19.7 Å². The Morgan fingerprint density at radius 2 is 1.83 bits per heavy atom. The SMILES string of the molecule is CCCCc1nc2c(=O)[nH][nH]c(=O)c2n1Cc1ccc(I)cc1. The van der Waals surface area contributed by atoms with E-state index >= 15 is 0 Å². The number of aromatic amines is 2. The van der Waals surface area contributed by atoms with Gasteiger partial charge in [0.15, 0.2) is 5.52 Å². The maximum atomic E-state index is 12.2. The lowest BCUT2D eigenvalue weighted by Gasteiger charge is -2.09. The third kappa shape index (κ3) is 3.24. The molecule has 0 aliphatic heterocycles. The summed E-state index contributed by atoms with van der Waals surface area (Å²) in [4.78, 5) is 28.6. The van der Waals surface area contributed by atoms with E-state index in [4.69, 9.17) is 0 Å². The first-order valence-electron chi connectivity index (χ1n) is 7.54. The molecule has 0 bridgehead atoms. The number of halogens is 1. The molecule has 2 aromatic heterocycles. The zero-order valence-electron chi connectivity index (χ0n) is 12.7. The van der Waals surface area contributed by atoms with Crippen molar-refractivity contribution in [2.45, 2.75) is 32.7 Å². The van der Waals surface area contributed by atoms with Gasteiger partial charge in [-0.05, 0) is 46.7 Å². The molecule has 23 heavy (non-hydrogen) atoms. The van der Waals surface area contributed by atoms with E-state index in [-0.39, 0.29) is 16.6 Å². The molecule has 0 radical (unpaired) electrons. The monoisotopic (exact) mass is 424 g/mol. The van der Waals surface area contributed by atoms with Gasteiger partial charge in [-0.3, -0.25) is 19.8 Å². The van der Waals surface area contributed by atoms with E-state index in [1.54, 1.807) is 0 Å². The highest BCUT2D eigenvalue weighted by atomic mass is 127. The molecule has 120 valence electrons. The number of aryl methyl sites for hydroxylation is 1. The van der Waals surface area contributed by atoms with Crippen molar-refractivity contribution in [2.24, 2.45) is 0 Å². The summed E-state index contributed by atoms with van der Waals surface area (Å²) in [6, 6.07) is 8.10. The number of benzene rings is 1. The summed E-state index contributed by atoms with van der Waals surface area (Å²) in [5.41, 5.74) is 0.949. The summed E-state index contributed by atoms with van der Waals surface area (Å²) < 4.78 is 3.02. The van der Waals surface area contributed by atoms with Gasteiger partial charge >= 0.3 is 0 Å². The van der Waals surface area contributed by atoms with E-state index < -0.39 is 0 Å². The summed E-state index contributed by atoms with van der Waals surface area (Å²) in [7, 11) is 0. The van der Waals surface area contributed by atoms with Gasteiger partial charge in [0, 0.05) is 16.5 Å². The molecule has 0 spiro atoms. The zero-order chi connectivity index (χ0) is 16.4. The van der Waals surface area contributed by atoms with Crippen LogP contribution in [-0.2, 0) is 13.0 Å². The lowest BCUT2D eigenvalue weighted by molar-refractivity contribution is 0.688. The minimum Gasteiger partial charge on any atom is -0.319 e. The van der Waals surface area contributed by atoms with Gasteiger partial charge in [-0.15, -0.1) is 0 Å². The zero-order valence-corrected chi connectivity index (χ0v) is 14.9. The molecule has 0 saturated heterocycles. The third-order valence-corrected chi connectivity index (χ3v) is 4.49. The van der Waals surface area contributed by atoms with Gasteiger partial charge in [0.05, 0.1) is 0 Å². The third-order valence-electron chi connectivity index (χ3n) is 3.77. The number of aromatic nitrogens is 4. The van der Waals surface area contributed by atoms with Crippen LogP contribution in [0.1, 0.15) is 31.2 Å². The predicted octanol–water partition coefficient (Wildman–Crippen LogP) is 2.41. The largest absolute Gasteiger partial charge is 0.319 e. The maximum absolute atomic E-state index is 12.2. The summed E-state index contributed by atoms with van der Waals surface area (Å²) >= 11 is 2.26. The van der Waals surface area contributed by atoms with Gasteiger partial charge in [0.25, 0.3) is 11.1 Å². The molecular weight excluding hydrogens is 407 g/mol. The first-order valence-corrected chi connectivity index (χ1v) is 8.62. The molecule has 3 rings (SSSR count). The highest BCUT2D eigenvalue weighted by Gasteiger charge is 2.16. The van der Waals surface area contributed by atoms with Crippen LogP contribution in [0.2, 0.25) is 0 Å². The number of H-pyrrole nitrogens is 2. The molecule has 0 aliphatic carbocycles. The number of nitrogens with one attached hydrogen (secondary N) is 2. The Kier molecular flexibility index (Phi) is 4.65. The molecule has 0 saturated carbocycles. The molecule has 0 fully saturated rings. The quantitative estimate of drug-likeness (QED) is 0.618. The fraction of sp³-hybridized carbons (Fsp3) is 0.312. The number of unbranched alkanes of at least 4 members (excludes halogenated alkanes) is 1. The Hall–Kier alpha value is -1.90. The molecular formula is C16H17IN4O2. The summed E-state index contributed by atoms with van der Waals surface area (Å²) in [6.07, 6.45) is 2.74. The predicted molar refractivity (Wildman–Crippen MR) is 97.8 cm³/mol. The van der Waals surface area contributed by atoms with Crippen LogP contribution >= 0.6 is 22.6 Å². The van der Waals surface area contributed by atoms with E-state index in [1.165, 1.54) is 0 Å². The average Bonchev–Trinajstić information content (AvgIpc) is 2.91. The number of hydrogen-bond donors (Lipinski definition) is 2. The number of imidazole rings is 1. The lowest BCUT2D eigenvalue weighted by atomic mass is 10.2. The lowest BCUT2D eigenvalue weighted by Crippen LogP contribution is -2.21. The van der Waals surface area contributed by atoms with Crippen molar-refractivity contribution in [2.75, 3.05) is 0 Å². The van der Waals surface area contributed by atoms with E-state index in [0.29, 0.717) is 12.1 Å². The maximum Gasteiger partial charge on any atom is 0.290 e.